The molecular weight excluding hydrogens is 406 g/mol. The van der Waals surface area contributed by atoms with Crippen molar-refractivity contribution in [1.29, 1.82) is 0 Å². The molecule has 2 rings (SSSR count). The Balaban J connectivity index is 0.00000220. The summed E-state index contributed by atoms with van der Waals surface area (Å²) in [6.07, 6.45) is 0. The van der Waals surface area contributed by atoms with E-state index in [9.17, 15) is 4.39 Å². The number of aliphatic imine (C=N–C) groups is 1. The molecule has 1 saturated heterocycles. The van der Waals surface area contributed by atoms with Gasteiger partial charge in [-0.25, -0.2) is 9.38 Å². The second-order valence-electron chi connectivity index (χ2n) is 4.64. The maximum atomic E-state index is 12.9. The standard InChI is InChI=1S/C14H18ClFN4.HI/c1-11(15)10-18-14(17)20-8-6-19(7-9-20)13-4-2-12(16)3-5-13;/h2-5H,1,6-10H2,(H2,17,18);1H. The third-order valence-corrected chi connectivity index (χ3v) is 3.33. The molecule has 0 unspecified atom stereocenters. The fourth-order valence-corrected chi connectivity index (χ4v) is 2.17. The molecule has 1 heterocycles. The smallest absolute Gasteiger partial charge is 0.191 e. The lowest BCUT2D eigenvalue weighted by molar-refractivity contribution is 0.381. The fraction of sp³-hybridized carbons (Fsp3) is 0.357. The van der Waals surface area contributed by atoms with E-state index in [0.717, 1.165) is 31.9 Å². The predicted octanol–water partition coefficient (Wildman–Crippen LogP) is 2.63. The van der Waals surface area contributed by atoms with Crippen molar-refractivity contribution in [1.82, 2.24) is 4.90 Å². The largest absolute Gasteiger partial charge is 0.370 e. The van der Waals surface area contributed by atoms with Crippen LogP contribution >= 0.6 is 35.6 Å². The van der Waals surface area contributed by atoms with Gasteiger partial charge in [0.15, 0.2) is 5.96 Å². The summed E-state index contributed by atoms with van der Waals surface area (Å²) in [5.41, 5.74) is 6.93. The van der Waals surface area contributed by atoms with Gasteiger partial charge >= 0.3 is 0 Å². The highest BCUT2D eigenvalue weighted by atomic mass is 127. The molecule has 0 spiro atoms. The topological polar surface area (TPSA) is 44.9 Å². The minimum Gasteiger partial charge on any atom is -0.370 e. The summed E-state index contributed by atoms with van der Waals surface area (Å²) in [6.45, 7) is 7.12. The molecule has 2 N–H and O–H groups in total. The Kier molecular flexibility index (Phi) is 7.24. The number of benzene rings is 1. The van der Waals surface area contributed by atoms with E-state index in [1.807, 2.05) is 4.90 Å². The molecule has 0 amide bonds. The minimum absolute atomic E-state index is 0. The third kappa shape index (κ3) is 5.35. The number of rotatable bonds is 3. The summed E-state index contributed by atoms with van der Waals surface area (Å²) >= 11 is 5.66. The normalized spacial score (nSPS) is 15.6. The van der Waals surface area contributed by atoms with Crippen molar-refractivity contribution in [3.8, 4) is 0 Å². The maximum Gasteiger partial charge on any atom is 0.191 e. The molecule has 7 heteroatoms. The van der Waals surface area contributed by atoms with E-state index in [1.165, 1.54) is 12.1 Å². The van der Waals surface area contributed by atoms with Gasteiger partial charge in [0.25, 0.3) is 0 Å². The van der Waals surface area contributed by atoms with Crippen molar-refractivity contribution < 1.29 is 4.39 Å². The van der Waals surface area contributed by atoms with Crippen molar-refractivity contribution in [3.63, 3.8) is 0 Å². The lowest BCUT2D eigenvalue weighted by Gasteiger charge is -2.36. The van der Waals surface area contributed by atoms with Crippen LogP contribution in [0.5, 0.6) is 0 Å². The summed E-state index contributed by atoms with van der Waals surface area (Å²) in [5.74, 6) is 0.274. The van der Waals surface area contributed by atoms with Crippen LogP contribution in [-0.4, -0.2) is 43.6 Å². The minimum atomic E-state index is -0.218. The van der Waals surface area contributed by atoms with Gasteiger partial charge < -0.3 is 15.5 Å². The zero-order valence-electron chi connectivity index (χ0n) is 11.6. The predicted molar refractivity (Wildman–Crippen MR) is 97.1 cm³/mol. The summed E-state index contributed by atoms with van der Waals surface area (Å²) in [6, 6.07) is 6.53. The summed E-state index contributed by atoms with van der Waals surface area (Å²) in [5, 5.41) is 0.470. The number of hydrogen-bond acceptors (Lipinski definition) is 2. The first-order valence-electron chi connectivity index (χ1n) is 6.45. The number of anilines is 1. The van der Waals surface area contributed by atoms with Gasteiger partial charge in [0, 0.05) is 36.9 Å². The van der Waals surface area contributed by atoms with Crippen molar-refractivity contribution in [2.45, 2.75) is 0 Å². The Morgan fingerprint density at radius 1 is 1.24 bits per heavy atom. The van der Waals surface area contributed by atoms with Crippen LogP contribution in [-0.2, 0) is 0 Å². The Bertz CT molecular complexity index is 498. The quantitative estimate of drug-likeness (QED) is 0.461. The van der Waals surface area contributed by atoms with Gasteiger partial charge in [0.2, 0.25) is 0 Å². The third-order valence-electron chi connectivity index (χ3n) is 3.21. The lowest BCUT2D eigenvalue weighted by Crippen LogP contribution is -2.51. The average Bonchev–Trinajstić information content (AvgIpc) is 2.46. The summed E-state index contributed by atoms with van der Waals surface area (Å²) in [7, 11) is 0. The number of piperazine rings is 1. The molecule has 0 radical (unpaired) electrons. The fourth-order valence-electron chi connectivity index (χ4n) is 2.11. The van der Waals surface area contributed by atoms with Gasteiger partial charge in [-0.15, -0.1) is 24.0 Å². The van der Waals surface area contributed by atoms with Gasteiger partial charge in [0.05, 0.1) is 6.54 Å². The zero-order chi connectivity index (χ0) is 14.5. The van der Waals surface area contributed by atoms with Gasteiger partial charge in [-0.05, 0) is 24.3 Å². The van der Waals surface area contributed by atoms with Crippen molar-refractivity contribution in [2.24, 2.45) is 10.7 Å². The van der Waals surface area contributed by atoms with Crippen LogP contribution in [0.1, 0.15) is 0 Å². The van der Waals surface area contributed by atoms with Crippen LogP contribution in [0.4, 0.5) is 10.1 Å². The van der Waals surface area contributed by atoms with E-state index in [0.29, 0.717) is 17.5 Å². The van der Waals surface area contributed by atoms with Gasteiger partial charge in [-0.2, -0.15) is 0 Å². The van der Waals surface area contributed by atoms with Gasteiger partial charge in [-0.3, -0.25) is 0 Å². The van der Waals surface area contributed by atoms with E-state index in [1.54, 1.807) is 12.1 Å². The molecule has 1 aliphatic heterocycles. The molecule has 4 nitrogen and oxygen atoms in total. The Hall–Kier alpha value is -1.02. The molecule has 21 heavy (non-hydrogen) atoms. The summed E-state index contributed by atoms with van der Waals surface area (Å²) < 4.78 is 12.9. The SMILES string of the molecule is C=C(Cl)CN=C(N)N1CCN(c2ccc(F)cc2)CC1.I. The Morgan fingerprint density at radius 2 is 1.81 bits per heavy atom. The van der Waals surface area contributed by atoms with E-state index < -0.39 is 0 Å². The van der Waals surface area contributed by atoms with Crippen LogP contribution < -0.4 is 10.6 Å². The van der Waals surface area contributed by atoms with Crippen LogP contribution in [0.3, 0.4) is 0 Å². The van der Waals surface area contributed by atoms with E-state index in [4.69, 9.17) is 17.3 Å². The number of nitrogens with two attached hydrogens (primary N) is 1. The average molecular weight is 425 g/mol. The van der Waals surface area contributed by atoms with E-state index in [2.05, 4.69) is 16.5 Å². The maximum absolute atomic E-state index is 12.9. The monoisotopic (exact) mass is 424 g/mol. The highest BCUT2D eigenvalue weighted by Crippen LogP contribution is 2.16. The molecule has 0 saturated carbocycles. The number of guanidine groups is 1. The molecule has 1 aromatic rings. The van der Waals surface area contributed by atoms with E-state index in [-0.39, 0.29) is 29.8 Å². The molecule has 0 aromatic heterocycles. The first kappa shape index (κ1) is 18.0. The van der Waals surface area contributed by atoms with Crippen LogP contribution in [0.25, 0.3) is 0 Å². The molecule has 116 valence electrons. The first-order valence-corrected chi connectivity index (χ1v) is 6.83. The number of hydrogen-bond donors (Lipinski definition) is 1. The second-order valence-corrected chi connectivity index (χ2v) is 5.18. The van der Waals surface area contributed by atoms with Gasteiger partial charge in [0.1, 0.15) is 5.82 Å². The molecule has 0 bridgehead atoms. The highest BCUT2D eigenvalue weighted by Gasteiger charge is 2.18. The lowest BCUT2D eigenvalue weighted by atomic mass is 10.2. The molecule has 1 fully saturated rings. The molecule has 0 aliphatic carbocycles. The first-order chi connectivity index (χ1) is 9.56. The number of nitrogens with zero attached hydrogens (tertiary/aromatic N) is 3. The van der Waals surface area contributed by atoms with Crippen LogP contribution in [0.2, 0.25) is 0 Å². The van der Waals surface area contributed by atoms with Gasteiger partial charge in [-0.1, -0.05) is 18.2 Å². The molecule has 1 aliphatic rings. The molecular formula is C14H19ClFIN4. The van der Waals surface area contributed by atoms with Crippen molar-refractivity contribution in [2.75, 3.05) is 37.6 Å². The Labute approximate surface area is 146 Å². The zero-order valence-corrected chi connectivity index (χ0v) is 14.7. The van der Waals surface area contributed by atoms with E-state index >= 15 is 0 Å². The van der Waals surface area contributed by atoms with Crippen LogP contribution in [0.15, 0.2) is 40.9 Å². The molecule has 0 atom stereocenters. The number of halogens is 3. The summed E-state index contributed by atoms with van der Waals surface area (Å²) in [4.78, 5) is 8.39. The Morgan fingerprint density at radius 3 is 2.33 bits per heavy atom. The second kappa shape index (κ2) is 8.43. The molecule has 1 aromatic carbocycles. The van der Waals surface area contributed by atoms with Crippen LogP contribution in [0, 0.1) is 5.82 Å². The van der Waals surface area contributed by atoms with Crippen molar-refractivity contribution >= 4 is 47.2 Å². The highest BCUT2D eigenvalue weighted by molar-refractivity contribution is 14.0. The van der Waals surface area contributed by atoms with Crippen molar-refractivity contribution in [3.05, 3.63) is 41.7 Å².